The number of rotatable bonds is 9. The van der Waals surface area contributed by atoms with Gasteiger partial charge < -0.3 is 15.1 Å². The van der Waals surface area contributed by atoms with Gasteiger partial charge in [0.1, 0.15) is 11.4 Å². The highest BCUT2D eigenvalue weighted by atomic mass is 19.1. The fourth-order valence-electron chi connectivity index (χ4n) is 4.54. The first-order valence-corrected chi connectivity index (χ1v) is 11.6. The Hall–Kier alpha value is -2.15. The minimum Gasteiger partial charge on any atom is -0.367 e. The van der Waals surface area contributed by atoms with Crippen molar-refractivity contribution < 1.29 is 14.0 Å². The Kier molecular flexibility index (Phi) is 7.92. The van der Waals surface area contributed by atoms with Gasteiger partial charge in [-0.1, -0.05) is 26.0 Å². The van der Waals surface area contributed by atoms with Crippen molar-refractivity contribution in [2.45, 2.75) is 52.0 Å². The number of likely N-dealkylation sites (tertiary alicyclic amines) is 1. The quantitative estimate of drug-likeness (QED) is 0.652. The Balaban J connectivity index is 1.45. The number of carbonyl (C=O) groups excluding carboxylic acids is 2. The van der Waals surface area contributed by atoms with E-state index in [1.165, 1.54) is 6.07 Å². The molecule has 1 aromatic rings. The van der Waals surface area contributed by atoms with Crippen LogP contribution in [-0.2, 0) is 9.59 Å². The molecule has 1 aromatic carbocycles. The van der Waals surface area contributed by atoms with Gasteiger partial charge in [0.2, 0.25) is 11.8 Å². The fraction of sp³-hybridized carbons (Fsp3) is 0.667. The topological polar surface area (TPSA) is 55.9 Å². The van der Waals surface area contributed by atoms with Crippen LogP contribution in [0.2, 0.25) is 0 Å². The van der Waals surface area contributed by atoms with E-state index in [1.54, 1.807) is 11.0 Å². The van der Waals surface area contributed by atoms with Crippen LogP contribution in [0.5, 0.6) is 0 Å². The maximum absolute atomic E-state index is 14.0. The van der Waals surface area contributed by atoms with Gasteiger partial charge in [0.25, 0.3) is 0 Å². The zero-order valence-corrected chi connectivity index (χ0v) is 19.2. The minimum absolute atomic E-state index is 0.0301. The second kappa shape index (κ2) is 10.4. The summed E-state index contributed by atoms with van der Waals surface area (Å²) in [6.07, 6.45) is 2.80. The number of hydrogen-bond acceptors (Lipinski definition) is 4. The third-order valence-corrected chi connectivity index (χ3v) is 6.64. The highest BCUT2D eigenvalue weighted by Gasteiger charge is 2.46. The lowest BCUT2D eigenvalue weighted by atomic mass is 9.97. The highest BCUT2D eigenvalue weighted by molar-refractivity contribution is 5.94. The van der Waals surface area contributed by atoms with Crippen LogP contribution in [0.25, 0.3) is 0 Å². The van der Waals surface area contributed by atoms with Crippen LogP contribution in [0.3, 0.4) is 0 Å². The van der Waals surface area contributed by atoms with Crippen LogP contribution in [0.4, 0.5) is 10.1 Å². The van der Waals surface area contributed by atoms with Gasteiger partial charge in [0.15, 0.2) is 0 Å². The average molecular weight is 433 g/mol. The van der Waals surface area contributed by atoms with E-state index in [0.717, 1.165) is 45.6 Å². The number of nitrogens with zero attached hydrogens (tertiary/aromatic N) is 3. The molecule has 2 amide bonds. The molecule has 0 radical (unpaired) electrons. The van der Waals surface area contributed by atoms with Crippen LogP contribution in [-0.4, -0.2) is 73.0 Å². The van der Waals surface area contributed by atoms with Crippen LogP contribution in [0.1, 0.15) is 46.5 Å². The Labute approximate surface area is 185 Å². The first kappa shape index (κ1) is 23.5. The van der Waals surface area contributed by atoms with E-state index in [9.17, 15) is 14.0 Å². The first-order valence-electron chi connectivity index (χ1n) is 11.6. The lowest BCUT2D eigenvalue weighted by Crippen LogP contribution is -2.55. The number of carbonyl (C=O) groups is 2. The Bertz CT molecular complexity index is 764. The van der Waals surface area contributed by atoms with Crippen molar-refractivity contribution in [1.82, 2.24) is 15.1 Å². The Morgan fingerprint density at radius 1 is 1.16 bits per heavy atom. The number of benzene rings is 1. The molecule has 7 heteroatoms. The molecule has 6 nitrogen and oxygen atoms in total. The van der Waals surface area contributed by atoms with Crippen LogP contribution in [0, 0.1) is 11.7 Å². The molecule has 0 spiro atoms. The maximum atomic E-state index is 14.0. The number of nitrogens with one attached hydrogen (secondary N) is 1. The molecule has 1 unspecified atom stereocenters. The molecule has 0 bridgehead atoms. The normalized spacial score (nSPS) is 22.4. The van der Waals surface area contributed by atoms with Crippen molar-refractivity contribution in [3.63, 3.8) is 0 Å². The summed E-state index contributed by atoms with van der Waals surface area (Å²) >= 11 is 0. The largest absolute Gasteiger partial charge is 0.367 e. The van der Waals surface area contributed by atoms with Gasteiger partial charge in [0, 0.05) is 45.7 Å². The van der Waals surface area contributed by atoms with E-state index < -0.39 is 5.54 Å². The van der Waals surface area contributed by atoms with E-state index >= 15 is 0 Å². The molecule has 2 aliphatic rings. The van der Waals surface area contributed by atoms with Gasteiger partial charge >= 0.3 is 0 Å². The Morgan fingerprint density at radius 2 is 1.87 bits per heavy atom. The molecular formula is C24H37FN4O2. The summed E-state index contributed by atoms with van der Waals surface area (Å²) in [5.74, 6) is 0.408. The van der Waals surface area contributed by atoms with E-state index in [-0.39, 0.29) is 17.6 Å². The van der Waals surface area contributed by atoms with Crippen LogP contribution >= 0.6 is 0 Å². The summed E-state index contributed by atoms with van der Waals surface area (Å²) in [4.78, 5) is 31.5. The number of para-hydroxylation sites is 1. The van der Waals surface area contributed by atoms with Crippen molar-refractivity contribution in [2.24, 2.45) is 5.92 Å². The minimum atomic E-state index is -0.738. The van der Waals surface area contributed by atoms with Crippen LogP contribution < -0.4 is 10.2 Å². The highest BCUT2D eigenvalue weighted by Crippen LogP contribution is 2.30. The third-order valence-electron chi connectivity index (χ3n) is 6.64. The molecular weight excluding hydrogens is 395 g/mol. The van der Waals surface area contributed by atoms with Gasteiger partial charge in [-0.15, -0.1) is 0 Å². The SMILES string of the molecule is CC(C)CCNC(=O)C1(C)CCC(=O)N1CCCN1CCN(c2ccccc2F)CC1. The summed E-state index contributed by atoms with van der Waals surface area (Å²) < 4.78 is 14.0. The van der Waals surface area contributed by atoms with E-state index in [1.807, 2.05) is 19.1 Å². The summed E-state index contributed by atoms with van der Waals surface area (Å²) in [5, 5.41) is 3.03. The molecule has 0 saturated carbocycles. The molecule has 1 atom stereocenters. The third kappa shape index (κ3) is 5.76. The number of hydrogen-bond donors (Lipinski definition) is 1. The second-order valence-corrected chi connectivity index (χ2v) is 9.39. The molecule has 1 N–H and O–H groups in total. The molecule has 0 aliphatic carbocycles. The van der Waals surface area contributed by atoms with Gasteiger partial charge in [-0.25, -0.2) is 4.39 Å². The molecule has 2 fully saturated rings. The van der Waals surface area contributed by atoms with Crippen molar-refractivity contribution in [1.29, 1.82) is 0 Å². The maximum Gasteiger partial charge on any atom is 0.245 e. The Morgan fingerprint density at radius 3 is 2.55 bits per heavy atom. The molecule has 3 rings (SSSR count). The van der Waals surface area contributed by atoms with Gasteiger partial charge in [-0.2, -0.15) is 0 Å². The number of amides is 2. The van der Waals surface area contributed by atoms with Crippen LogP contribution in [0.15, 0.2) is 24.3 Å². The first-order chi connectivity index (χ1) is 14.8. The molecule has 2 aliphatic heterocycles. The molecule has 31 heavy (non-hydrogen) atoms. The lowest BCUT2D eigenvalue weighted by molar-refractivity contribution is -0.140. The summed E-state index contributed by atoms with van der Waals surface area (Å²) in [5.41, 5.74) is -0.0681. The summed E-state index contributed by atoms with van der Waals surface area (Å²) in [6, 6.07) is 6.92. The average Bonchev–Trinajstić information content (AvgIpc) is 3.04. The predicted molar refractivity (Wildman–Crippen MR) is 121 cm³/mol. The smallest absolute Gasteiger partial charge is 0.245 e. The lowest BCUT2D eigenvalue weighted by Gasteiger charge is -2.37. The van der Waals surface area contributed by atoms with E-state index in [2.05, 4.69) is 29.0 Å². The predicted octanol–water partition coefficient (Wildman–Crippen LogP) is 2.88. The standard InChI is InChI=1S/C24H37FN4O2/c1-19(2)10-12-26-23(31)24(3)11-9-22(30)29(24)14-6-13-27-15-17-28(18-16-27)21-8-5-4-7-20(21)25/h4-5,7-8,19H,6,9-18H2,1-3H3,(H,26,31). The van der Waals surface area contributed by atoms with E-state index in [0.29, 0.717) is 37.5 Å². The van der Waals surface area contributed by atoms with Gasteiger partial charge in [-0.3, -0.25) is 14.5 Å². The number of anilines is 1. The fourth-order valence-corrected chi connectivity index (χ4v) is 4.54. The van der Waals surface area contributed by atoms with Crippen molar-refractivity contribution in [2.75, 3.05) is 50.7 Å². The summed E-state index contributed by atoms with van der Waals surface area (Å²) in [6.45, 7) is 11.6. The molecule has 172 valence electrons. The number of piperazine rings is 1. The zero-order valence-electron chi connectivity index (χ0n) is 19.2. The molecule has 0 aromatic heterocycles. The van der Waals surface area contributed by atoms with Gasteiger partial charge in [-0.05, 0) is 50.8 Å². The summed E-state index contributed by atoms with van der Waals surface area (Å²) in [7, 11) is 0. The van der Waals surface area contributed by atoms with Crippen molar-refractivity contribution in [3.05, 3.63) is 30.1 Å². The van der Waals surface area contributed by atoms with Gasteiger partial charge in [0.05, 0.1) is 5.69 Å². The monoisotopic (exact) mass is 432 g/mol. The number of halogens is 1. The molecule has 2 heterocycles. The zero-order chi connectivity index (χ0) is 22.4. The van der Waals surface area contributed by atoms with Crippen molar-refractivity contribution in [3.8, 4) is 0 Å². The van der Waals surface area contributed by atoms with E-state index in [4.69, 9.17) is 0 Å². The van der Waals surface area contributed by atoms with Crippen molar-refractivity contribution >= 4 is 17.5 Å². The second-order valence-electron chi connectivity index (χ2n) is 9.39. The molecule has 2 saturated heterocycles.